The van der Waals surface area contributed by atoms with E-state index in [-0.39, 0.29) is 17.2 Å². The second-order valence-corrected chi connectivity index (χ2v) is 6.75. The number of fused-ring (bicyclic) bond motifs is 2. The maximum Gasteiger partial charge on any atom is 0.270 e. The molecule has 28 heavy (non-hydrogen) atoms. The summed E-state index contributed by atoms with van der Waals surface area (Å²) >= 11 is 0. The molecule has 0 aliphatic carbocycles. The van der Waals surface area contributed by atoms with Gasteiger partial charge in [-0.1, -0.05) is 19.1 Å². The first-order chi connectivity index (χ1) is 13.6. The van der Waals surface area contributed by atoms with Crippen LogP contribution in [0, 0.1) is 6.92 Å². The Balaban J connectivity index is 1.62. The zero-order valence-corrected chi connectivity index (χ0v) is 15.8. The van der Waals surface area contributed by atoms with Crippen LogP contribution in [0.1, 0.15) is 40.9 Å². The molecule has 3 aromatic rings. The molecule has 144 valence electrons. The minimum atomic E-state index is -0.449. The Morgan fingerprint density at radius 2 is 2.00 bits per heavy atom. The van der Waals surface area contributed by atoms with Gasteiger partial charge in [-0.15, -0.1) is 0 Å². The van der Waals surface area contributed by atoms with E-state index in [0.29, 0.717) is 36.8 Å². The highest BCUT2D eigenvalue weighted by atomic mass is 16.6. The number of nitrogens with zero attached hydrogens (tertiary/aromatic N) is 2. The van der Waals surface area contributed by atoms with Crippen LogP contribution in [0.15, 0.2) is 47.5 Å². The Morgan fingerprint density at radius 1 is 1.21 bits per heavy atom. The number of hydrogen-bond donors (Lipinski definition) is 1. The number of pyridine rings is 1. The van der Waals surface area contributed by atoms with Crippen LogP contribution in [0.5, 0.6) is 11.5 Å². The van der Waals surface area contributed by atoms with Crippen LogP contribution in [0.4, 0.5) is 0 Å². The molecule has 1 aromatic carbocycles. The standard InChI is InChI=1S/C21H21N3O4/c1-3-16(14-5-6-17-18(10-14)28-9-8-27-17)23-20(25)15-11-22-19-7-4-13(2)12-24(19)21(15)26/h4-7,10-12,16H,3,8-9H2,1-2H3,(H,23,25). The number of benzene rings is 1. The number of hydrogen-bond acceptors (Lipinski definition) is 5. The Kier molecular flexibility index (Phi) is 4.73. The topological polar surface area (TPSA) is 81.9 Å². The number of aromatic nitrogens is 2. The Labute approximate surface area is 161 Å². The molecule has 3 heterocycles. The molecule has 1 aliphatic heterocycles. The van der Waals surface area contributed by atoms with E-state index in [0.717, 1.165) is 11.1 Å². The molecule has 1 aliphatic rings. The van der Waals surface area contributed by atoms with E-state index >= 15 is 0 Å². The van der Waals surface area contributed by atoms with E-state index in [1.807, 2.05) is 38.1 Å². The van der Waals surface area contributed by atoms with Gasteiger partial charge in [0.25, 0.3) is 11.5 Å². The third-order valence-electron chi connectivity index (χ3n) is 4.78. The highest BCUT2D eigenvalue weighted by Crippen LogP contribution is 2.33. The Bertz CT molecular complexity index is 1110. The molecule has 1 N–H and O–H groups in total. The van der Waals surface area contributed by atoms with Crippen LogP contribution in [0.25, 0.3) is 5.65 Å². The van der Waals surface area contributed by atoms with E-state index in [2.05, 4.69) is 10.3 Å². The van der Waals surface area contributed by atoms with Crippen molar-refractivity contribution in [2.45, 2.75) is 26.3 Å². The van der Waals surface area contributed by atoms with Crippen LogP contribution in [-0.2, 0) is 0 Å². The zero-order chi connectivity index (χ0) is 19.7. The normalized spacial score (nSPS) is 13.9. The van der Waals surface area contributed by atoms with Crippen LogP contribution < -0.4 is 20.3 Å². The SMILES string of the molecule is CCC(NC(=O)c1cnc2ccc(C)cn2c1=O)c1ccc2c(c1)OCCO2. The lowest BCUT2D eigenvalue weighted by Crippen LogP contribution is -2.34. The van der Waals surface area contributed by atoms with Crippen LogP contribution >= 0.6 is 0 Å². The lowest BCUT2D eigenvalue weighted by atomic mass is 10.0. The van der Waals surface area contributed by atoms with Crippen molar-refractivity contribution in [3.63, 3.8) is 0 Å². The van der Waals surface area contributed by atoms with Gasteiger partial charge in [0.05, 0.1) is 6.04 Å². The van der Waals surface area contributed by atoms with Crippen LogP contribution in [0.3, 0.4) is 0 Å². The fraction of sp³-hybridized carbons (Fsp3) is 0.286. The average molecular weight is 379 g/mol. The lowest BCUT2D eigenvalue weighted by molar-refractivity contribution is 0.0933. The number of amides is 1. The number of carbonyl (C=O) groups is 1. The first kappa shape index (κ1) is 18.0. The molecule has 0 saturated heterocycles. The van der Waals surface area contributed by atoms with E-state index < -0.39 is 5.91 Å². The number of nitrogens with one attached hydrogen (secondary N) is 1. The summed E-state index contributed by atoms with van der Waals surface area (Å²) in [5.41, 5.74) is 1.94. The summed E-state index contributed by atoms with van der Waals surface area (Å²) < 4.78 is 12.6. The zero-order valence-electron chi connectivity index (χ0n) is 15.8. The fourth-order valence-electron chi connectivity index (χ4n) is 3.27. The Morgan fingerprint density at radius 3 is 2.79 bits per heavy atom. The smallest absolute Gasteiger partial charge is 0.270 e. The number of carbonyl (C=O) groups excluding carboxylic acids is 1. The van der Waals surface area contributed by atoms with Crippen LogP contribution in [-0.4, -0.2) is 28.5 Å². The minimum Gasteiger partial charge on any atom is -0.486 e. The van der Waals surface area contributed by atoms with Gasteiger partial charge in [-0.25, -0.2) is 4.98 Å². The predicted molar refractivity (Wildman–Crippen MR) is 104 cm³/mol. The second kappa shape index (κ2) is 7.34. The van der Waals surface area contributed by atoms with Crippen molar-refractivity contribution in [1.29, 1.82) is 0 Å². The van der Waals surface area contributed by atoms with Crippen molar-refractivity contribution in [2.24, 2.45) is 0 Å². The maximum atomic E-state index is 12.8. The molecule has 0 fully saturated rings. The van der Waals surface area contributed by atoms with Crippen molar-refractivity contribution < 1.29 is 14.3 Å². The molecule has 1 atom stereocenters. The van der Waals surface area contributed by atoms with Gasteiger partial charge in [-0.05, 0) is 42.7 Å². The molecule has 4 rings (SSSR count). The maximum absolute atomic E-state index is 12.8. The van der Waals surface area contributed by atoms with Crippen molar-refractivity contribution in [3.05, 3.63) is 69.8 Å². The van der Waals surface area contributed by atoms with Crippen molar-refractivity contribution in [3.8, 4) is 11.5 Å². The summed E-state index contributed by atoms with van der Waals surface area (Å²) in [4.78, 5) is 29.8. The monoisotopic (exact) mass is 379 g/mol. The summed E-state index contributed by atoms with van der Waals surface area (Å²) in [7, 11) is 0. The van der Waals surface area contributed by atoms with Gasteiger partial charge in [-0.2, -0.15) is 0 Å². The van der Waals surface area contributed by atoms with Crippen molar-refractivity contribution in [2.75, 3.05) is 13.2 Å². The van der Waals surface area contributed by atoms with Crippen molar-refractivity contribution in [1.82, 2.24) is 14.7 Å². The molecule has 0 saturated carbocycles. The van der Waals surface area contributed by atoms with Crippen LogP contribution in [0.2, 0.25) is 0 Å². The van der Waals surface area contributed by atoms with E-state index in [1.165, 1.54) is 10.6 Å². The molecule has 1 amide bonds. The number of rotatable bonds is 4. The quantitative estimate of drug-likeness (QED) is 0.754. The molecule has 0 bridgehead atoms. The molecule has 0 spiro atoms. The molecular weight excluding hydrogens is 358 g/mol. The third-order valence-corrected chi connectivity index (χ3v) is 4.78. The van der Waals surface area contributed by atoms with Gasteiger partial charge in [0, 0.05) is 12.4 Å². The minimum absolute atomic E-state index is 0.0130. The Hall–Kier alpha value is -3.35. The highest BCUT2D eigenvalue weighted by Gasteiger charge is 2.20. The number of ether oxygens (including phenoxy) is 2. The molecule has 1 unspecified atom stereocenters. The summed E-state index contributed by atoms with van der Waals surface area (Å²) in [6.45, 7) is 4.88. The number of aryl methyl sites for hydroxylation is 1. The molecule has 7 heteroatoms. The second-order valence-electron chi connectivity index (χ2n) is 6.75. The average Bonchev–Trinajstić information content (AvgIpc) is 2.72. The first-order valence-corrected chi connectivity index (χ1v) is 9.25. The molecular formula is C21H21N3O4. The predicted octanol–water partition coefficient (Wildman–Crippen LogP) is 2.66. The lowest BCUT2D eigenvalue weighted by Gasteiger charge is -2.22. The molecule has 2 aromatic heterocycles. The third kappa shape index (κ3) is 3.31. The van der Waals surface area contributed by atoms with Crippen molar-refractivity contribution >= 4 is 11.6 Å². The van der Waals surface area contributed by atoms with E-state index in [1.54, 1.807) is 12.3 Å². The molecule has 0 radical (unpaired) electrons. The van der Waals surface area contributed by atoms with Gasteiger partial charge in [0.2, 0.25) is 0 Å². The first-order valence-electron chi connectivity index (χ1n) is 9.25. The van der Waals surface area contributed by atoms with Gasteiger partial charge in [0.1, 0.15) is 24.4 Å². The van der Waals surface area contributed by atoms with E-state index in [4.69, 9.17) is 9.47 Å². The highest BCUT2D eigenvalue weighted by molar-refractivity contribution is 5.94. The summed E-state index contributed by atoms with van der Waals surface area (Å²) in [6, 6.07) is 8.97. The fourth-order valence-corrected chi connectivity index (χ4v) is 3.27. The van der Waals surface area contributed by atoms with E-state index in [9.17, 15) is 9.59 Å². The van der Waals surface area contributed by atoms with Gasteiger partial charge < -0.3 is 14.8 Å². The van der Waals surface area contributed by atoms with Gasteiger partial charge >= 0.3 is 0 Å². The summed E-state index contributed by atoms with van der Waals surface area (Å²) in [6.07, 6.45) is 3.67. The molecule has 7 nitrogen and oxygen atoms in total. The largest absolute Gasteiger partial charge is 0.486 e. The summed E-state index contributed by atoms with van der Waals surface area (Å²) in [5, 5.41) is 2.94. The van der Waals surface area contributed by atoms with Gasteiger partial charge in [0.15, 0.2) is 11.5 Å². The summed E-state index contributed by atoms with van der Waals surface area (Å²) in [5.74, 6) is 0.915. The van der Waals surface area contributed by atoms with Gasteiger partial charge in [-0.3, -0.25) is 14.0 Å².